The van der Waals surface area contributed by atoms with Gasteiger partial charge in [0.15, 0.2) is 5.82 Å². The Kier molecular flexibility index (Phi) is 5.01. The van der Waals surface area contributed by atoms with E-state index in [0.29, 0.717) is 48.1 Å². The number of piperidine rings is 1. The minimum absolute atomic E-state index is 0.0292. The average Bonchev–Trinajstić information content (AvgIpc) is 3.24. The number of aryl methyl sites for hydroxylation is 2. The van der Waals surface area contributed by atoms with Crippen molar-refractivity contribution in [3.8, 4) is 5.19 Å². The van der Waals surface area contributed by atoms with E-state index < -0.39 is 11.6 Å². The minimum atomic E-state index is -0.690. The first-order chi connectivity index (χ1) is 13.4. The maximum atomic E-state index is 13.8. The summed E-state index contributed by atoms with van der Waals surface area (Å²) in [4.78, 5) is 18.7. The van der Waals surface area contributed by atoms with Crippen molar-refractivity contribution in [3.05, 3.63) is 41.2 Å². The molecule has 3 aromatic rings. The van der Waals surface area contributed by atoms with Crippen molar-refractivity contribution < 1.29 is 18.3 Å². The molecule has 1 amide bonds. The lowest BCUT2D eigenvalue weighted by atomic mass is 10.1. The molecule has 9 heteroatoms. The molecular weight excluding hydrogens is 386 g/mol. The number of hydrogen-bond donors (Lipinski definition) is 0. The van der Waals surface area contributed by atoms with Crippen molar-refractivity contribution >= 4 is 27.5 Å². The van der Waals surface area contributed by atoms with Crippen LogP contribution in [0.15, 0.2) is 18.2 Å². The molecule has 0 N–H and O–H groups in total. The molecule has 0 atom stereocenters. The van der Waals surface area contributed by atoms with E-state index in [2.05, 4.69) is 10.1 Å². The summed E-state index contributed by atoms with van der Waals surface area (Å²) < 4.78 is 35.2. The lowest BCUT2D eigenvalue weighted by Crippen LogP contribution is -2.42. The molecular formula is C19H20F2N4O2S. The van der Waals surface area contributed by atoms with Gasteiger partial charge in [0.05, 0.1) is 10.4 Å². The summed E-state index contributed by atoms with van der Waals surface area (Å²) in [7, 11) is 0. The van der Waals surface area contributed by atoms with Gasteiger partial charge < -0.3 is 9.64 Å². The van der Waals surface area contributed by atoms with Gasteiger partial charge in [-0.05, 0) is 26.0 Å². The van der Waals surface area contributed by atoms with E-state index in [4.69, 9.17) is 4.74 Å². The van der Waals surface area contributed by atoms with Crippen LogP contribution in [0.4, 0.5) is 8.78 Å². The van der Waals surface area contributed by atoms with Gasteiger partial charge in [0.1, 0.15) is 23.1 Å². The maximum Gasteiger partial charge on any atom is 0.274 e. The highest BCUT2D eigenvalue weighted by molar-refractivity contribution is 7.20. The molecule has 1 aliphatic rings. The van der Waals surface area contributed by atoms with Crippen LogP contribution in [0.1, 0.15) is 35.9 Å². The van der Waals surface area contributed by atoms with Gasteiger partial charge in [-0.2, -0.15) is 10.1 Å². The standard InChI is InChI=1S/C19H20F2N4O2S/c1-3-25-15(8-11(2)23-25)18(26)24-6-4-13(5-7-24)27-19-22-17-14(21)9-12(20)10-16(17)28-19/h8-10,13H,3-7H2,1-2H3. The summed E-state index contributed by atoms with van der Waals surface area (Å²) >= 11 is 1.13. The fourth-order valence-electron chi connectivity index (χ4n) is 3.43. The number of rotatable bonds is 4. The molecule has 0 bridgehead atoms. The summed E-state index contributed by atoms with van der Waals surface area (Å²) in [5.74, 6) is -1.35. The number of carbonyl (C=O) groups excluding carboxylic acids is 1. The van der Waals surface area contributed by atoms with Gasteiger partial charge >= 0.3 is 0 Å². The molecule has 0 spiro atoms. The second-order valence-corrected chi connectivity index (χ2v) is 7.80. The highest BCUT2D eigenvalue weighted by Crippen LogP contribution is 2.32. The third-order valence-corrected chi connectivity index (χ3v) is 5.70. The molecule has 0 aliphatic carbocycles. The predicted octanol–water partition coefficient (Wildman–Crippen LogP) is 3.78. The van der Waals surface area contributed by atoms with Gasteiger partial charge in [0.25, 0.3) is 11.1 Å². The summed E-state index contributed by atoms with van der Waals surface area (Å²) in [6.45, 7) is 5.59. The predicted molar refractivity (Wildman–Crippen MR) is 102 cm³/mol. The van der Waals surface area contributed by atoms with Crippen molar-refractivity contribution in [1.29, 1.82) is 0 Å². The number of nitrogens with zero attached hydrogens (tertiary/aromatic N) is 4. The van der Waals surface area contributed by atoms with Gasteiger partial charge in [-0.15, -0.1) is 0 Å². The normalized spacial score (nSPS) is 15.4. The quantitative estimate of drug-likeness (QED) is 0.662. The lowest BCUT2D eigenvalue weighted by molar-refractivity contribution is 0.0584. The van der Waals surface area contributed by atoms with Crippen LogP contribution in [0.2, 0.25) is 0 Å². The van der Waals surface area contributed by atoms with Crippen LogP contribution in [0.3, 0.4) is 0 Å². The van der Waals surface area contributed by atoms with Crippen LogP contribution in [-0.4, -0.2) is 44.8 Å². The van der Waals surface area contributed by atoms with Crippen molar-refractivity contribution in [3.63, 3.8) is 0 Å². The molecule has 0 radical (unpaired) electrons. The van der Waals surface area contributed by atoms with Crippen molar-refractivity contribution in [2.24, 2.45) is 0 Å². The maximum absolute atomic E-state index is 13.8. The zero-order valence-electron chi connectivity index (χ0n) is 15.6. The van der Waals surface area contributed by atoms with E-state index in [-0.39, 0.29) is 17.5 Å². The Morgan fingerprint density at radius 1 is 1.29 bits per heavy atom. The van der Waals surface area contributed by atoms with E-state index in [1.165, 1.54) is 6.07 Å². The number of halogens is 2. The highest BCUT2D eigenvalue weighted by Gasteiger charge is 2.27. The van der Waals surface area contributed by atoms with E-state index in [1.54, 1.807) is 9.58 Å². The number of benzene rings is 1. The number of ether oxygens (including phenoxy) is 1. The van der Waals surface area contributed by atoms with E-state index in [9.17, 15) is 13.6 Å². The number of aromatic nitrogens is 3. The monoisotopic (exact) mass is 406 g/mol. The number of carbonyl (C=O) groups is 1. The molecule has 1 fully saturated rings. The second-order valence-electron chi connectivity index (χ2n) is 6.81. The Bertz CT molecular complexity index is 1020. The topological polar surface area (TPSA) is 60.2 Å². The Hall–Kier alpha value is -2.55. The first kappa shape index (κ1) is 18.8. The first-order valence-corrected chi connectivity index (χ1v) is 10.0. The van der Waals surface area contributed by atoms with Crippen LogP contribution < -0.4 is 4.74 Å². The molecule has 1 saturated heterocycles. The molecule has 0 unspecified atom stereocenters. The Balaban J connectivity index is 1.40. The first-order valence-electron chi connectivity index (χ1n) is 9.20. The van der Waals surface area contributed by atoms with Crippen molar-refractivity contribution in [1.82, 2.24) is 19.7 Å². The van der Waals surface area contributed by atoms with Gasteiger partial charge in [-0.3, -0.25) is 9.48 Å². The molecule has 1 aromatic carbocycles. The van der Waals surface area contributed by atoms with Gasteiger partial charge in [0, 0.05) is 38.5 Å². The molecule has 3 heterocycles. The largest absolute Gasteiger partial charge is 0.467 e. The number of amides is 1. The highest BCUT2D eigenvalue weighted by atomic mass is 32.1. The number of fused-ring (bicyclic) bond motifs is 1. The van der Waals surface area contributed by atoms with E-state index in [0.717, 1.165) is 23.1 Å². The smallest absolute Gasteiger partial charge is 0.274 e. The summed E-state index contributed by atoms with van der Waals surface area (Å²) in [5, 5.41) is 4.65. The number of likely N-dealkylation sites (tertiary alicyclic amines) is 1. The van der Waals surface area contributed by atoms with Crippen LogP contribution in [0.25, 0.3) is 10.2 Å². The van der Waals surface area contributed by atoms with Crippen molar-refractivity contribution in [2.45, 2.75) is 39.3 Å². The summed E-state index contributed by atoms with van der Waals surface area (Å²) in [5.41, 5.74) is 1.54. The third kappa shape index (κ3) is 3.58. The average molecular weight is 406 g/mol. The van der Waals surface area contributed by atoms with Gasteiger partial charge in [-0.25, -0.2) is 8.78 Å². The van der Waals surface area contributed by atoms with Crippen LogP contribution in [0.5, 0.6) is 5.19 Å². The lowest BCUT2D eigenvalue weighted by Gasteiger charge is -2.31. The molecule has 1 aliphatic heterocycles. The third-order valence-electron chi connectivity index (χ3n) is 4.81. The van der Waals surface area contributed by atoms with E-state index >= 15 is 0 Å². The van der Waals surface area contributed by atoms with Crippen molar-refractivity contribution in [2.75, 3.05) is 13.1 Å². The fourth-order valence-corrected chi connectivity index (χ4v) is 4.35. The SMILES string of the molecule is CCn1nc(C)cc1C(=O)N1CCC(Oc2nc3c(F)cc(F)cc3s2)CC1. The number of hydrogen-bond acceptors (Lipinski definition) is 5. The van der Waals surface area contributed by atoms with E-state index in [1.807, 2.05) is 19.9 Å². The molecule has 2 aromatic heterocycles. The minimum Gasteiger partial charge on any atom is -0.467 e. The van der Waals surface area contributed by atoms with Crippen LogP contribution >= 0.6 is 11.3 Å². The summed E-state index contributed by atoms with van der Waals surface area (Å²) in [6, 6.07) is 3.88. The zero-order valence-corrected chi connectivity index (χ0v) is 16.4. The fraction of sp³-hybridized carbons (Fsp3) is 0.421. The summed E-state index contributed by atoms with van der Waals surface area (Å²) in [6.07, 6.45) is 1.19. The molecule has 28 heavy (non-hydrogen) atoms. The Labute approximate surface area is 164 Å². The van der Waals surface area contributed by atoms with Gasteiger partial charge in [-0.1, -0.05) is 11.3 Å². The van der Waals surface area contributed by atoms with Crippen LogP contribution in [0, 0.1) is 18.6 Å². The van der Waals surface area contributed by atoms with Gasteiger partial charge in [0.2, 0.25) is 0 Å². The van der Waals surface area contributed by atoms with Crippen LogP contribution in [-0.2, 0) is 6.54 Å². The zero-order chi connectivity index (χ0) is 19.8. The molecule has 4 rings (SSSR count). The molecule has 148 valence electrons. The second kappa shape index (κ2) is 7.46. The molecule has 0 saturated carbocycles. The Morgan fingerprint density at radius 3 is 2.75 bits per heavy atom. The Morgan fingerprint density at radius 2 is 2.04 bits per heavy atom. The number of thiazole rings is 1. The molecule has 6 nitrogen and oxygen atoms in total.